The SMILES string of the molecule is C[C@@H](C(N)=O)N(C(=O)OCc1nc2ccccc2[nH]1)[C@H](Cc1ccccc1)C(O)CNCC(O)[C@@H](Cc1ccccc1)NC(=O)OC(C)(C)C. The molecule has 5 atom stereocenters. The summed E-state index contributed by atoms with van der Waals surface area (Å²) in [6, 6.07) is 23.2. The summed E-state index contributed by atoms with van der Waals surface area (Å²) in [6.45, 7) is 6.41. The van der Waals surface area contributed by atoms with Gasteiger partial charge in [-0.05, 0) is 63.8 Å². The lowest BCUT2D eigenvalue weighted by Crippen LogP contribution is -2.58. The fraction of sp³-hybridized carbons (Fsp3) is 0.405. The van der Waals surface area contributed by atoms with Gasteiger partial charge in [-0.3, -0.25) is 9.69 Å². The van der Waals surface area contributed by atoms with Crippen LogP contribution in [0.25, 0.3) is 11.0 Å². The number of carbonyl (C=O) groups excluding carboxylic acids is 3. The van der Waals surface area contributed by atoms with E-state index in [2.05, 4.69) is 20.6 Å². The second-order valence-electron chi connectivity index (χ2n) is 13.2. The Bertz CT molecular complexity index is 1640. The molecule has 0 saturated heterocycles. The van der Waals surface area contributed by atoms with Crippen LogP contribution in [0.5, 0.6) is 0 Å². The zero-order valence-electron chi connectivity index (χ0n) is 28.9. The van der Waals surface area contributed by atoms with Crippen LogP contribution in [0.2, 0.25) is 0 Å². The summed E-state index contributed by atoms with van der Waals surface area (Å²) in [7, 11) is 0. The van der Waals surface area contributed by atoms with Gasteiger partial charge in [0.1, 0.15) is 17.5 Å². The van der Waals surface area contributed by atoms with Crippen molar-refractivity contribution in [2.75, 3.05) is 13.1 Å². The molecule has 13 heteroatoms. The molecule has 0 aliphatic rings. The van der Waals surface area contributed by atoms with E-state index in [4.69, 9.17) is 15.2 Å². The first-order valence-corrected chi connectivity index (χ1v) is 16.6. The monoisotopic (exact) mass is 688 g/mol. The first-order chi connectivity index (χ1) is 23.8. The van der Waals surface area contributed by atoms with E-state index >= 15 is 0 Å². The lowest BCUT2D eigenvalue weighted by atomic mass is 9.97. The molecular weight excluding hydrogens is 640 g/mol. The van der Waals surface area contributed by atoms with Gasteiger partial charge in [0.25, 0.3) is 0 Å². The number of para-hydroxylation sites is 2. The molecule has 0 aliphatic carbocycles. The van der Waals surface area contributed by atoms with E-state index in [1.165, 1.54) is 6.92 Å². The zero-order valence-corrected chi connectivity index (χ0v) is 28.9. The molecule has 268 valence electrons. The van der Waals surface area contributed by atoms with Crippen molar-refractivity contribution in [1.82, 2.24) is 25.5 Å². The normalized spacial score (nSPS) is 14.6. The van der Waals surface area contributed by atoms with Gasteiger partial charge in [0, 0.05) is 13.1 Å². The van der Waals surface area contributed by atoms with Crippen molar-refractivity contribution in [1.29, 1.82) is 0 Å². The second-order valence-corrected chi connectivity index (χ2v) is 13.2. The highest BCUT2D eigenvalue weighted by Crippen LogP contribution is 2.19. The number of nitrogens with one attached hydrogen (secondary N) is 3. The van der Waals surface area contributed by atoms with Crippen molar-refractivity contribution in [3.05, 3.63) is 102 Å². The van der Waals surface area contributed by atoms with Crippen LogP contribution in [-0.2, 0) is 33.7 Å². The van der Waals surface area contributed by atoms with Gasteiger partial charge in [0.2, 0.25) is 5.91 Å². The molecule has 1 aromatic heterocycles. The molecule has 3 amide bonds. The van der Waals surface area contributed by atoms with Crippen LogP contribution in [-0.4, -0.2) is 92.2 Å². The maximum atomic E-state index is 13.7. The zero-order chi connectivity index (χ0) is 36.3. The number of carbonyl (C=O) groups is 3. The summed E-state index contributed by atoms with van der Waals surface area (Å²) < 4.78 is 11.1. The number of aromatic nitrogens is 2. The number of alkyl carbamates (subject to hydrolysis) is 1. The molecule has 7 N–H and O–H groups in total. The highest BCUT2D eigenvalue weighted by atomic mass is 16.6. The Hall–Kier alpha value is -4.98. The topological polar surface area (TPSA) is 192 Å². The fourth-order valence-electron chi connectivity index (χ4n) is 5.54. The van der Waals surface area contributed by atoms with Gasteiger partial charge in [0.15, 0.2) is 6.61 Å². The Morgan fingerprint density at radius 2 is 1.46 bits per heavy atom. The number of hydrogen-bond donors (Lipinski definition) is 6. The van der Waals surface area contributed by atoms with Crippen LogP contribution in [0.15, 0.2) is 84.9 Å². The molecule has 1 heterocycles. The van der Waals surface area contributed by atoms with E-state index < -0.39 is 54.0 Å². The Labute approximate surface area is 292 Å². The van der Waals surface area contributed by atoms with Gasteiger partial charge in [0.05, 0.1) is 35.3 Å². The Morgan fingerprint density at radius 3 is 2.06 bits per heavy atom. The molecule has 2 unspecified atom stereocenters. The van der Waals surface area contributed by atoms with Crippen molar-refractivity contribution in [3.63, 3.8) is 0 Å². The average molecular weight is 689 g/mol. The molecule has 4 aromatic rings. The van der Waals surface area contributed by atoms with Crippen LogP contribution >= 0.6 is 0 Å². The molecular formula is C37H48N6O7. The summed E-state index contributed by atoms with van der Waals surface area (Å²) in [5, 5.41) is 28.7. The number of fused-ring (bicyclic) bond motifs is 1. The number of ether oxygens (including phenoxy) is 2. The minimum absolute atomic E-state index is 0.0235. The van der Waals surface area contributed by atoms with Gasteiger partial charge in [-0.15, -0.1) is 0 Å². The molecule has 0 saturated carbocycles. The molecule has 0 spiro atoms. The number of hydrogen-bond acceptors (Lipinski definition) is 9. The number of nitrogens with two attached hydrogens (primary N) is 1. The molecule has 4 rings (SSSR count). The van der Waals surface area contributed by atoms with Gasteiger partial charge in [-0.1, -0.05) is 72.8 Å². The number of H-pyrrole nitrogens is 1. The summed E-state index contributed by atoms with van der Waals surface area (Å²) in [6.07, 6.45) is -3.37. The smallest absolute Gasteiger partial charge is 0.411 e. The van der Waals surface area contributed by atoms with E-state index in [1.54, 1.807) is 20.8 Å². The highest BCUT2D eigenvalue weighted by Gasteiger charge is 2.37. The van der Waals surface area contributed by atoms with E-state index in [1.807, 2.05) is 84.9 Å². The summed E-state index contributed by atoms with van der Waals surface area (Å²) in [5.41, 5.74) is 8.14. The Balaban J connectivity index is 1.49. The van der Waals surface area contributed by atoms with Crippen LogP contribution in [0.1, 0.15) is 44.6 Å². The molecule has 13 nitrogen and oxygen atoms in total. The average Bonchev–Trinajstić information content (AvgIpc) is 3.50. The molecule has 0 fully saturated rings. The van der Waals surface area contributed by atoms with E-state index in [9.17, 15) is 24.6 Å². The molecule has 0 aliphatic heterocycles. The maximum absolute atomic E-state index is 13.7. The number of aliphatic hydroxyl groups excluding tert-OH is 2. The molecule has 0 radical (unpaired) electrons. The number of rotatable bonds is 16. The fourth-order valence-corrected chi connectivity index (χ4v) is 5.54. The maximum Gasteiger partial charge on any atom is 0.411 e. The highest BCUT2D eigenvalue weighted by molar-refractivity contribution is 5.84. The predicted octanol–water partition coefficient (Wildman–Crippen LogP) is 3.43. The lowest BCUT2D eigenvalue weighted by molar-refractivity contribution is -0.124. The van der Waals surface area contributed by atoms with E-state index in [0.29, 0.717) is 17.8 Å². The van der Waals surface area contributed by atoms with Crippen molar-refractivity contribution in [2.24, 2.45) is 5.73 Å². The number of primary amides is 1. The largest absolute Gasteiger partial charge is 0.444 e. The minimum Gasteiger partial charge on any atom is -0.444 e. The summed E-state index contributed by atoms with van der Waals surface area (Å²) >= 11 is 0. The Morgan fingerprint density at radius 1 is 0.880 bits per heavy atom. The van der Waals surface area contributed by atoms with Crippen LogP contribution in [0.3, 0.4) is 0 Å². The summed E-state index contributed by atoms with van der Waals surface area (Å²) in [5.74, 6) is -0.372. The third-order valence-electron chi connectivity index (χ3n) is 8.07. The molecule has 0 bridgehead atoms. The number of nitrogens with zero attached hydrogens (tertiary/aromatic N) is 2. The summed E-state index contributed by atoms with van der Waals surface area (Å²) in [4.78, 5) is 47.6. The van der Waals surface area contributed by atoms with Crippen molar-refractivity contribution < 1.29 is 34.1 Å². The third kappa shape index (κ3) is 11.3. The van der Waals surface area contributed by atoms with Crippen LogP contribution in [0.4, 0.5) is 9.59 Å². The van der Waals surface area contributed by atoms with E-state index in [0.717, 1.165) is 21.5 Å². The third-order valence-corrected chi connectivity index (χ3v) is 8.07. The number of benzene rings is 3. The number of aromatic amines is 1. The molecule has 50 heavy (non-hydrogen) atoms. The predicted molar refractivity (Wildman–Crippen MR) is 189 cm³/mol. The molecule has 3 aromatic carbocycles. The number of amides is 3. The van der Waals surface area contributed by atoms with Gasteiger partial charge >= 0.3 is 12.2 Å². The first-order valence-electron chi connectivity index (χ1n) is 16.6. The van der Waals surface area contributed by atoms with Crippen LogP contribution < -0.4 is 16.4 Å². The second kappa shape index (κ2) is 17.6. The van der Waals surface area contributed by atoms with Crippen LogP contribution in [0, 0.1) is 0 Å². The minimum atomic E-state index is -1.24. The van der Waals surface area contributed by atoms with E-state index in [-0.39, 0.29) is 26.1 Å². The van der Waals surface area contributed by atoms with Gasteiger partial charge in [-0.25, -0.2) is 14.6 Å². The number of aliphatic hydroxyl groups is 2. The Kier molecular flexibility index (Phi) is 13.3. The van der Waals surface area contributed by atoms with Crippen molar-refractivity contribution >= 4 is 29.1 Å². The first kappa shape index (κ1) is 37.8. The standard InChI is InChI=1S/C37H48N6O7/c1-24(34(38)46)43(36(48)49-23-33-40-27-17-11-12-18-28(27)41-33)30(20-26-15-9-6-10-16-26)32(45)22-39-21-31(44)29(19-25-13-7-5-8-14-25)42-35(47)50-37(2,3)4/h5-18,24,29-32,39,44-45H,19-23H2,1-4H3,(H2,38,46)(H,40,41)(H,42,47)/t24-,29+,30+,31?,32?/m0/s1. The quantitative estimate of drug-likeness (QED) is 0.102. The van der Waals surface area contributed by atoms with Gasteiger partial charge in [-0.2, -0.15) is 0 Å². The van der Waals surface area contributed by atoms with Gasteiger partial charge < -0.3 is 41.0 Å². The van der Waals surface area contributed by atoms with Crippen molar-refractivity contribution in [3.8, 4) is 0 Å². The van der Waals surface area contributed by atoms with Crippen molar-refractivity contribution in [2.45, 2.75) is 83.1 Å². The number of imidazole rings is 1. The lowest BCUT2D eigenvalue weighted by Gasteiger charge is -2.37.